The Bertz CT molecular complexity index is 390. The van der Waals surface area contributed by atoms with Crippen LogP contribution in [0.4, 0.5) is 0 Å². The maximum absolute atomic E-state index is 9.58. The molecule has 0 fully saturated rings. The van der Waals surface area contributed by atoms with E-state index in [2.05, 4.69) is 19.1 Å². The molecule has 0 radical (unpaired) electrons. The number of phenolic OH excluding ortho intramolecular Hbond substituents is 1. The fourth-order valence-corrected chi connectivity index (χ4v) is 2.01. The zero-order valence-electron chi connectivity index (χ0n) is 12.0. The van der Waals surface area contributed by atoms with Gasteiger partial charge in [-0.1, -0.05) is 81.5 Å². The summed E-state index contributed by atoms with van der Waals surface area (Å²) in [5.74, 6) is 0.336. The van der Waals surface area contributed by atoms with Crippen LogP contribution >= 0.6 is 0 Å². The minimum absolute atomic E-state index is 0.336. The minimum atomic E-state index is 0.336. The molecule has 0 bridgehead atoms. The summed E-state index contributed by atoms with van der Waals surface area (Å²) in [6, 6.07) is 7.38. The highest BCUT2D eigenvalue weighted by molar-refractivity contribution is 5.57. The zero-order chi connectivity index (χ0) is 13.8. The third-order valence-corrected chi connectivity index (χ3v) is 3.18. The Balaban J connectivity index is 2.12. The van der Waals surface area contributed by atoms with E-state index >= 15 is 0 Å². The van der Waals surface area contributed by atoms with Crippen LogP contribution in [0.15, 0.2) is 42.5 Å². The first-order chi connectivity index (χ1) is 9.34. The van der Waals surface area contributed by atoms with Crippen molar-refractivity contribution >= 4 is 6.08 Å². The molecule has 0 saturated carbocycles. The van der Waals surface area contributed by atoms with Crippen molar-refractivity contribution in [1.82, 2.24) is 0 Å². The van der Waals surface area contributed by atoms with E-state index in [-0.39, 0.29) is 0 Å². The molecule has 104 valence electrons. The van der Waals surface area contributed by atoms with Crippen LogP contribution in [0.5, 0.6) is 5.75 Å². The largest absolute Gasteiger partial charge is 0.507 e. The SMILES string of the molecule is CCCCCCCCC=CC=Cc1ccccc1O. The molecule has 1 N–H and O–H groups in total. The smallest absolute Gasteiger partial charge is 0.122 e. The summed E-state index contributed by atoms with van der Waals surface area (Å²) < 4.78 is 0. The van der Waals surface area contributed by atoms with Crippen LogP contribution in [0.3, 0.4) is 0 Å². The summed E-state index contributed by atoms with van der Waals surface area (Å²) in [5.41, 5.74) is 0.867. The summed E-state index contributed by atoms with van der Waals surface area (Å²) in [7, 11) is 0. The van der Waals surface area contributed by atoms with Gasteiger partial charge in [0.05, 0.1) is 0 Å². The molecular formula is C18H26O. The summed E-state index contributed by atoms with van der Waals surface area (Å²) in [6.07, 6.45) is 17.4. The van der Waals surface area contributed by atoms with Gasteiger partial charge in [-0.05, 0) is 18.9 Å². The predicted octanol–water partition coefficient (Wildman–Crippen LogP) is 5.71. The molecular weight excluding hydrogens is 232 g/mol. The highest BCUT2D eigenvalue weighted by Gasteiger charge is 1.92. The van der Waals surface area contributed by atoms with Crippen LogP contribution in [-0.4, -0.2) is 5.11 Å². The van der Waals surface area contributed by atoms with Crippen LogP contribution in [0.25, 0.3) is 6.08 Å². The number of para-hydroxylation sites is 1. The van der Waals surface area contributed by atoms with E-state index in [0.29, 0.717) is 5.75 Å². The number of unbranched alkanes of at least 4 members (excludes halogenated alkanes) is 6. The monoisotopic (exact) mass is 258 g/mol. The lowest BCUT2D eigenvalue weighted by atomic mass is 10.1. The molecule has 0 aliphatic carbocycles. The number of hydrogen-bond donors (Lipinski definition) is 1. The minimum Gasteiger partial charge on any atom is -0.507 e. The standard InChI is InChI=1S/C18H26O/c1-2-3-4-5-6-7-8-9-10-11-14-17-15-12-13-16-18(17)19/h9-16,19H,2-8H2,1H3. The zero-order valence-corrected chi connectivity index (χ0v) is 12.0. The van der Waals surface area contributed by atoms with Gasteiger partial charge in [-0.3, -0.25) is 0 Å². The van der Waals surface area contributed by atoms with Gasteiger partial charge >= 0.3 is 0 Å². The van der Waals surface area contributed by atoms with E-state index in [1.165, 1.54) is 38.5 Å². The average Bonchev–Trinajstić information content (AvgIpc) is 2.43. The average molecular weight is 258 g/mol. The molecule has 1 nitrogen and oxygen atoms in total. The van der Waals surface area contributed by atoms with E-state index in [1.54, 1.807) is 6.07 Å². The van der Waals surface area contributed by atoms with E-state index in [0.717, 1.165) is 12.0 Å². The van der Waals surface area contributed by atoms with E-state index in [4.69, 9.17) is 0 Å². The molecule has 0 saturated heterocycles. The number of allylic oxidation sites excluding steroid dienone is 3. The molecule has 0 unspecified atom stereocenters. The third-order valence-electron chi connectivity index (χ3n) is 3.18. The second kappa shape index (κ2) is 10.4. The van der Waals surface area contributed by atoms with Gasteiger partial charge in [-0.15, -0.1) is 0 Å². The third kappa shape index (κ3) is 7.50. The fraction of sp³-hybridized carbons (Fsp3) is 0.444. The second-order valence-corrected chi connectivity index (χ2v) is 4.90. The quantitative estimate of drug-likeness (QED) is 0.444. The molecule has 0 atom stereocenters. The van der Waals surface area contributed by atoms with Gasteiger partial charge in [-0.25, -0.2) is 0 Å². The van der Waals surface area contributed by atoms with Gasteiger partial charge in [0.2, 0.25) is 0 Å². The molecule has 1 aromatic carbocycles. The molecule has 0 aromatic heterocycles. The summed E-state index contributed by atoms with van der Waals surface area (Å²) in [4.78, 5) is 0. The van der Waals surface area contributed by atoms with Crippen LogP contribution in [0.1, 0.15) is 57.4 Å². The second-order valence-electron chi connectivity index (χ2n) is 4.90. The van der Waals surface area contributed by atoms with Crippen molar-refractivity contribution in [2.45, 2.75) is 51.9 Å². The normalized spacial score (nSPS) is 11.6. The highest BCUT2D eigenvalue weighted by atomic mass is 16.3. The molecule has 0 spiro atoms. The van der Waals surface area contributed by atoms with Gasteiger partial charge in [0, 0.05) is 5.56 Å². The van der Waals surface area contributed by atoms with Gasteiger partial charge in [0.25, 0.3) is 0 Å². The molecule has 0 aliphatic rings. The van der Waals surface area contributed by atoms with Crippen molar-refractivity contribution in [3.8, 4) is 5.75 Å². The van der Waals surface area contributed by atoms with E-state index in [9.17, 15) is 5.11 Å². The van der Waals surface area contributed by atoms with Crippen molar-refractivity contribution in [2.24, 2.45) is 0 Å². The summed E-state index contributed by atoms with van der Waals surface area (Å²) >= 11 is 0. The van der Waals surface area contributed by atoms with Crippen LogP contribution in [0.2, 0.25) is 0 Å². The Morgan fingerprint density at radius 2 is 1.68 bits per heavy atom. The van der Waals surface area contributed by atoms with Gasteiger partial charge < -0.3 is 5.11 Å². The Morgan fingerprint density at radius 3 is 2.47 bits per heavy atom. The van der Waals surface area contributed by atoms with Crippen LogP contribution in [0, 0.1) is 0 Å². The molecule has 19 heavy (non-hydrogen) atoms. The van der Waals surface area contributed by atoms with Crippen molar-refractivity contribution < 1.29 is 5.11 Å². The first-order valence-electron chi connectivity index (χ1n) is 7.45. The molecule has 1 rings (SSSR count). The van der Waals surface area contributed by atoms with Crippen molar-refractivity contribution in [1.29, 1.82) is 0 Å². The van der Waals surface area contributed by atoms with E-state index in [1.807, 2.05) is 30.4 Å². The Hall–Kier alpha value is -1.50. The number of rotatable bonds is 9. The van der Waals surface area contributed by atoms with Crippen molar-refractivity contribution in [3.63, 3.8) is 0 Å². The van der Waals surface area contributed by atoms with Crippen molar-refractivity contribution in [3.05, 3.63) is 48.1 Å². The first-order valence-corrected chi connectivity index (χ1v) is 7.45. The van der Waals surface area contributed by atoms with E-state index < -0.39 is 0 Å². The number of aromatic hydroxyl groups is 1. The predicted molar refractivity (Wildman–Crippen MR) is 84.3 cm³/mol. The van der Waals surface area contributed by atoms with Crippen molar-refractivity contribution in [2.75, 3.05) is 0 Å². The van der Waals surface area contributed by atoms with Crippen LogP contribution in [-0.2, 0) is 0 Å². The number of hydrogen-bond acceptors (Lipinski definition) is 1. The van der Waals surface area contributed by atoms with Gasteiger partial charge in [-0.2, -0.15) is 0 Å². The lowest BCUT2D eigenvalue weighted by molar-refractivity contribution is 0.474. The molecule has 0 heterocycles. The maximum atomic E-state index is 9.58. The number of phenols is 1. The van der Waals surface area contributed by atoms with Gasteiger partial charge in [0.15, 0.2) is 0 Å². The highest BCUT2D eigenvalue weighted by Crippen LogP contribution is 2.16. The summed E-state index contributed by atoms with van der Waals surface area (Å²) in [5, 5.41) is 9.58. The topological polar surface area (TPSA) is 20.2 Å². The number of benzene rings is 1. The molecule has 0 amide bonds. The Kier molecular flexibility index (Phi) is 8.54. The van der Waals surface area contributed by atoms with Gasteiger partial charge in [0.1, 0.15) is 5.75 Å². The fourth-order valence-electron chi connectivity index (χ4n) is 2.01. The lowest BCUT2D eigenvalue weighted by Gasteiger charge is -1.97. The molecule has 0 aliphatic heterocycles. The maximum Gasteiger partial charge on any atom is 0.122 e. The Labute approximate surface area is 117 Å². The molecule has 1 aromatic rings. The Morgan fingerprint density at radius 1 is 0.947 bits per heavy atom. The first kappa shape index (κ1) is 15.6. The molecule has 1 heteroatoms. The van der Waals surface area contributed by atoms with Crippen LogP contribution < -0.4 is 0 Å². The lowest BCUT2D eigenvalue weighted by Crippen LogP contribution is -1.77. The summed E-state index contributed by atoms with van der Waals surface area (Å²) in [6.45, 7) is 2.25.